The van der Waals surface area contributed by atoms with Crippen LogP contribution in [0.2, 0.25) is 5.02 Å². The Morgan fingerprint density at radius 3 is 2.43 bits per heavy atom. The molecular formula is C21H18ClNO6S. The van der Waals surface area contributed by atoms with E-state index >= 15 is 0 Å². The minimum Gasteiger partial charge on any atom is -0.457 e. The zero-order chi connectivity index (χ0) is 21.7. The van der Waals surface area contributed by atoms with Crippen LogP contribution in [0.25, 0.3) is 0 Å². The number of anilines is 1. The van der Waals surface area contributed by atoms with Crippen LogP contribution in [-0.2, 0) is 25.1 Å². The number of carbonyl (C=O) groups excluding carboxylic acids is 2. The van der Waals surface area contributed by atoms with Crippen LogP contribution in [0.3, 0.4) is 0 Å². The van der Waals surface area contributed by atoms with Crippen LogP contribution in [-0.4, -0.2) is 26.4 Å². The molecule has 3 aromatic rings. The smallest absolute Gasteiger partial charge is 0.375 e. The molecule has 156 valence electrons. The van der Waals surface area contributed by atoms with Crippen LogP contribution >= 0.6 is 11.6 Å². The molecule has 0 aliphatic heterocycles. The van der Waals surface area contributed by atoms with E-state index in [2.05, 4.69) is 5.32 Å². The molecule has 7 nitrogen and oxygen atoms in total. The summed E-state index contributed by atoms with van der Waals surface area (Å²) in [6.07, 6.45) is 0.0263. The van der Waals surface area contributed by atoms with Crippen molar-refractivity contribution in [3.05, 3.63) is 83.3 Å². The number of hydrogen-bond acceptors (Lipinski definition) is 6. The summed E-state index contributed by atoms with van der Waals surface area (Å²) in [6, 6.07) is 15.9. The van der Waals surface area contributed by atoms with Crippen LogP contribution in [0.4, 0.5) is 5.69 Å². The summed E-state index contributed by atoms with van der Waals surface area (Å²) < 4.78 is 35.4. The molecule has 0 aliphatic carbocycles. The van der Waals surface area contributed by atoms with Crippen molar-refractivity contribution in [1.29, 1.82) is 0 Å². The largest absolute Gasteiger partial charge is 0.457 e. The highest BCUT2D eigenvalue weighted by atomic mass is 35.5. The van der Waals surface area contributed by atoms with Crippen LogP contribution in [0.5, 0.6) is 0 Å². The molecule has 2 aromatic carbocycles. The van der Waals surface area contributed by atoms with E-state index in [1.54, 1.807) is 42.5 Å². The Kier molecular flexibility index (Phi) is 6.59. The summed E-state index contributed by atoms with van der Waals surface area (Å²) in [6.45, 7) is 1.38. The molecule has 1 heterocycles. The van der Waals surface area contributed by atoms with E-state index in [9.17, 15) is 18.0 Å². The van der Waals surface area contributed by atoms with Crippen molar-refractivity contribution in [2.24, 2.45) is 0 Å². The van der Waals surface area contributed by atoms with Crippen molar-refractivity contribution >= 4 is 39.0 Å². The number of ether oxygens (including phenoxy) is 1. The van der Waals surface area contributed by atoms with E-state index < -0.39 is 33.6 Å². The van der Waals surface area contributed by atoms with Crippen LogP contribution < -0.4 is 5.32 Å². The second kappa shape index (κ2) is 9.15. The van der Waals surface area contributed by atoms with E-state index in [0.717, 1.165) is 0 Å². The SMILES string of the molecule is CC(OC(=O)c1occc1CS(=O)(=O)c1ccccc1)C(=O)Nc1ccccc1Cl. The molecule has 3 rings (SSSR count). The summed E-state index contributed by atoms with van der Waals surface area (Å²) >= 11 is 6.00. The first-order valence-electron chi connectivity index (χ1n) is 8.88. The van der Waals surface area contributed by atoms with Gasteiger partial charge in [0.2, 0.25) is 5.76 Å². The number of hydrogen-bond donors (Lipinski definition) is 1. The lowest BCUT2D eigenvalue weighted by atomic mass is 10.2. The highest BCUT2D eigenvalue weighted by Crippen LogP contribution is 2.22. The van der Waals surface area contributed by atoms with Crippen molar-refractivity contribution in [3.63, 3.8) is 0 Å². The van der Waals surface area contributed by atoms with E-state index in [1.807, 2.05) is 0 Å². The highest BCUT2D eigenvalue weighted by Gasteiger charge is 2.26. The van der Waals surface area contributed by atoms with Crippen LogP contribution in [0.15, 0.2) is 76.2 Å². The summed E-state index contributed by atoms with van der Waals surface area (Å²) in [7, 11) is -3.69. The van der Waals surface area contributed by atoms with Gasteiger partial charge in [-0.05, 0) is 37.3 Å². The third-order valence-electron chi connectivity index (χ3n) is 4.16. The Hall–Kier alpha value is -3.10. The number of amides is 1. The van der Waals surface area contributed by atoms with Crippen LogP contribution in [0, 0.1) is 0 Å². The third kappa shape index (κ3) is 5.08. The average Bonchev–Trinajstić information content (AvgIpc) is 3.17. The molecule has 0 radical (unpaired) electrons. The molecule has 1 N–H and O–H groups in total. The van der Waals surface area contributed by atoms with Gasteiger partial charge in [-0.1, -0.05) is 41.9 Å². The van der Waals surface area contributed by atoms with Crippen LogP contribution in [0.1, 0.15) is 23.0 Å². The molecule has 1 atom stereocenters. The Labute approximate surface area is 178 Å². The number of halogens is 1. The van der Waals surface area contributed by atoms with E-state index in [-0.39, 0.29) is 16.2 Å². The van der Waals surface area contributed by atoms with Gasteiger partial charge in [-0.25, -0.2) is 13.2 Å². The molecule has 1 amide bonds. The third-order valence-corrected chi connectivity index (χ3v) is 6.18. The van der Waals surface area contributed by atoms with E-state index in [0.29, 0.717) is 10.7 Å². The van der Waals surface area contributed by atoms with Gasteiger partial charge in [-0.2, -0.15) is 0 Å². The van der Waals surface area contributed by atoms with Gasteiger partial charge in [-0.3, -0.25) is 4.79 Å². The lowest BCUT2D eigenvalue weighted by Gasteiger charge is -2.14. The number of nitrogens with one attached hydrogen (secondary N) is 1. The maximum Gasteiger partial charge on any atom is 0.375 e. The van der Waals surface area contributed by atoms with Crippen molar-refractivity contribution < 1.29 is 27.2 Å². The zero-order valence-corrected chi connectivity index (χ0v) is 17.4. The maximum atomic E-state index is 12.6. The fraction of sp³-hybridized carbons (Fsp3) is 0.143. The lowest BCUT2D eigenvalue weighted by molar-refractivity contribution is -0.123. The standard InChI is InChI=1S/C21H18ClNO6S/c1-14(20(24)23-18-10-6-5-9-17(18)22)29-21(25)19-15(11-12-28-19)13-30(26,27)16-7-3-2-4-8-16/h2-12,14H,13H2,1H3,(H,23,24). The Morgan fingerprint density at radius 1 is 1.07 bits per heavy atom. The second-order valence-electron chi connectivity index (χ2n) is 6.36. The normalized spacial score (nSPS) is 12.2. The first kappa shape index (κ1) is 21.6. The molecule has 1 aromatic heterocycles. The molecule has 0 aliphatic rings. The number of rotatable bonds is 7. The number of furan rings is 1. The Bertz CT molecular complexity index is 1160. The second-order valence-corrected chi connectivity index (χ2v) is 8.76. The van der Waals surface area contributed by atoms with Crippen molar-refractivity contribution in [2.45, 2.75) is 23.7 Å². The molecule has 0 bridgehead atoms. The first-order valence-corrected chi connectivity index (χ1v) is 10.9. The molecule has 0 saturated heterocycles. The summed E-state index contributed by atoms with van der Waals surface area (Å²) in [5, 5.41) is 2.90. The predicted molar refractivity (Wildman–Crippen MR) is 111 cm³/mol. The lowest BCUT2D eigenvalue weighted by Crippen LogP contribution is -2.30. The monoisotopic (exact) mass is 447 g/mol. The molecule has 0 saturated carbocycles. The molecule has 0 spiro atoms. The minimum absolute atomic E-state index is 0.123. The number of sulfone groups is 1. The Morgan fingerprint density at radius 2 is 1.73 bits per heavy atom. The number of benzene rings is 2. The molecular weight excluding hydrogens is 430 g/mol. The fourth-order valence-electron chi connectivity index (χ4n) is 2.61. The van der Waals surface area contributed by atoms with Gasteiger partial charge < -0.3 is 14.5 Å². The number of carbonyl (C=O) groups is 2. The summed E-state index contributed by atoms with van der Waals surface area (Å²) in [5.41, 5.74) is 0.516. The minimum atomic E-state index is -3.69. The van der Waals surface area contributed by atoms with Gasteiger partial charge >= 0.3 is 5.97 Å². The van der Waals surface area contributed by atoms with Crippen molar-refractivity contribution in [3.8, 4) is 0 Å². The van der Waals surface area contributed by atoms with Gasteiger partial charge in [0.25, 0.3) is 5.91 Å². The molecule has 30 heavy (non-hydrogen) atoms. The molecule has 1 unspecified atom stereocenters. The van der Waals surface area contributed by atoms with Gasteiger partial charge in [0.15, 0.2) is 15.9 Å². The maximum absolute atomic E-state index is 12.6. The number of para-hydroxylation sites is 1. The summed E-state index contributed by atoms with van der Waals surface area (Å²) in [5.74, 6) is -2.26. The number of esters is 1. The molecule has 0 fully saturated rings. The topological polar surface area (TPSA) is 103 Å². The predicted octanol–water partition coefficient (Wildman–Crippen LogP) is 4.09. The first-order chi connectivity index (χ1) is 14.3. The summed E-state index contributed by atoms with van der Waals surface area (Å²) in [4.78, 5) is 24.9. The van der Waals surface area contributed by atoms with E-state index in [1.165, 1.54) is 31.4 Å². The van der Waals surface area contributed by atoms with Crippen molar-refractivity contribution in [1.82, 2.24) is 0 Å². The van der Waals surface area contributed by atoms with Gasteiger partial charge in [0.05, 0.1) is 27.6 Å². The zero-order valence-electron chi connectivity index (χ0n) is 15.9. The average molecular weight is 448 g/mol. The van der Waals surface area contributed by atoms with Gasteiger partial charge in [0.1, 0.15) is 0 Å². The highest BCUT2D eigenvalue weighted by molar-refractivity contribution is 7.90. The van der Waals surface area contributed by atoms with E-state index in [4.69, 9.17) is 20.8 Å². The van der Waals surface area contributed by atoms with Gasteiger partial charge in [-0.15, -0.1) is 0 Å². The van der Waals surface area contributed by atoms with Gasteiger partial charge in [0, 0.05) is 5.56 Å². The van der Waals surface area contributed by atoms with Crippen molar-refractivity contribution in [2.75, 3.05) is 5.32 Å². The quantitative estimate of drug-likeness (QED) is 0.547. The Balaban J connectivity index is 1.69. The molecule has 9 heteroatoms. The fourth-order valence-corrected chi connectivity index (χ4v) is 4.17.